The summed E-state index contributed by atoms with van der Waals surface area (Å²) in [6.45, 7) is 7.48. The van der Waals surface area contributed by atoms with Crippen molar-refractivity contribution < 1.29 is 19.3 Å². The molecule has 0 fully saturated rings. The van der Waals surface area contributed by atoms with Crippen molar-refractivity contribution in [3.05, 3.63) is 63.6 Å². The van der Waals surface area contributed by atoms with Crippen LogP contribution in [0, 0.1) is 0 Å². The second kappa shape index (κ2) is 11.5. The molecule has 0 radical (unpaired) electrons. The highest BCUT2D eigenvalue weighted by Gasteiger charge is 2.19. The van der Waals surface area contributed by atoms with Crippen molar-refractivity contribution in [2.45, 2.75) is 32.2 Å². The number of methoxy groups -OCH3 is 1. The van der Waals surface area contributed by atoms with Crippen LogP contribution >= 0.6 is 15.9 Å². The number of halogens is 1. The number of hydrogen-bond acceptors (Lipinski definition) is 5. The normalized spacial score (nSPS) is 13.0. The van der Waals surface area contributed by atoms with Gasteiger partial charge in [-0.25, -0.2) is 0 Å². The van der Waals surface area contributed by atoms with Crippen LogP contribution in [0.2, 0.25) is 0 Å². The third kappa shape index (κ3) is 7.23. The Morgan fingerprint density at radius 3 is 2.48 bits per heavy atom. The Hall–Kier alpha value is -1.73. The van der Waals surface area contributed by atoms with Crippen molar-refractivity contribution in [2.24, 2.45) is 4.99 Å². The van der Waals surface area contributed by atoms with Gasteiger partial charge in [0.05, 0.1) is 30.3 Å². The molecular weight excluding hydrogens is 434 g/mol. The second-order valence-corrected chi connectivity index (χ2v) is 8.53. The molecule has 0 bridgehead atoms. The zero-order valence-corrected chi connectivity index (χ0v) is 19.1. The van der Waals surface area contributed by atoms with Gasteiger partial charge in [0, 0.05) is 18.9 Å². The molecule has 6 heteroatoms. The molecular formula is C23H30BrNO4. The van der Waals surface area contributed by atoms with E-state index in [1.54, 1.807) is 13.3 Å². The molecule has 1 N–H and O–H groups in total. The molecule has 0 aliphatic rings. The molecule has 29 heavy (non-hydrogen) atoms. The van der Waals surface area contributed by atoms with E-state index < -0.39 is 0 Å². The summed E-state index contributed by atoms with van der Waals surface area (Å²) >= 11 is 3.63. The minimum Gasteiger partial charge on any atom is -0.466 e. The molecule has 2 aromatic carbocycles. The predicted octanol–water partition coefficient (Wildman–Crippen LogP) is 4.90. The van der Waals surface area contributed by atoms with Crippen molar-refractivity contribution in [2.75, 3.05) is 33.7 Å². The Kier molecular flexibility index (Phi) is 9.30. The fourth-order valence-electron chi connectivity index (χ4n) is 2.68. The van der Waals surface area contributed by atoms with E-state index in [4.69, 9.17) is 14.2 Å². The van der Waals surface area contributed by atoms with Crippen molar-refractivity contribution >= 4 is 22.1 Å². The summed E-state index contributed by atoms with van der Waals surface area (Å²) in [5.74, 6) is 0.656. The lowest BCUT2D eigenvalue weighted by Crippen LogP contribution is -2.13. The van der Waals surface area contributed by atoms with Crippen molar-refractivity contribution in [1.82, 2.24) is 0 Å². The van der Waals surface area contributed by atoms with Gasteiger partial charge in [-0.1, -0.05) is 51.1 Å². The third-order valence-corrected chi connectivity index (χ3v) is 5.00. The van der Waals surface area contributed by atoms with Crippen LogP contribution in [0.15, 0.2) is 51.9 Å². The number of benzene rings is 2. The summed E-state index contributed by atoms with van der Waals surface area (Å²) in [5.41, 5.74) is 2.91. The summed E-state index contributed by atoms with van der Waals surface area (Å²) in [6.07, 6.45) is 1.76. The number of hydrogen-bond donors (Lipinski definition) is 1. The Morgan fingerprint density at radius 1 is 1.14 bits per heavy atom. The maximum absolute atomic E-state index is 9.80. The van der Waals surface area contributed by atoms with Crippen LogP contribution in [0.5, 0.6) is 5.75 Å². The van der Waals surface area contributed by atoms with Gasteiger partial charge in [0.15, 0.2) is 6.79 Å². The molecule has 158 valence electrons. The van der Waals surface area contributed by atoms with Gasteiger partial charge >= 0.3 is 0 Å². The van der Waals surface area contributed by atoms with Gasteiger partial charge in [-0.15, -0.1) is 0 Å². The maximum atomic E-state index is 9.80. The number of rotatable bonds is 10. The Labute approximate surface area is 181 Å². The molecule has 2 aromatic rings. The highest BCUT2D eigenvalue weighted by Crippen LogP contribution is 2.35. The van der Waals surface area contributed by atoms with Crippen LogP contribution in [0.1, 0.15) is 43.5 Å². The van der Waals surface area contributed by atoms with Crippen molar-refractivity contribution in [1.29, 1.82) is 0 Å². The Morgan fingerprint density at radius 2 is 1.86 bits per heavy atom. The SMILES string of the molecule is COCCOCOc1c(Br)cc(C(C)(C)C)cc1/C=N/[C@H](CO)c1ccccc1. The van der Waals surface area contributed by atoms with E-state index in [2.05, 4.69) is 53.8 Å². The first-order valence-electron chi connectivity index (χ1n) is 9.59. The van der Waals surface area contributed by atoms with E-state index >= 15 is 0 Å². The highest BCUT2D eigenvalue weighted by atomic mass is 79.9. The predicted molar refractivity (Wildman–Crippen MR) is 120 cm³/mol. The van der Waals surface area contributed by atoms with E-state index in [9.17, 15) is 5.11 Å². The van der Waals surface area contributed by atoms with Crippen LogP contribution in [0.3, 0.4) is 0 Å². The van der Waals surface area contributed by atoms with E-state index in [0.717, 1.165) is 21.2 Å². The third-order valence-electron chi connectivity index (χ3n) is 4.41. The number of aliphatic hydroxyl groups is 1. The Bertz CT molecular complexity index is 787. The molecule has 0 amide bonds. The molecule has 0 aromatic heterocycles. The van der Waals surface area contributed by atoms with E-state index in [0.29, 0.717) is 19.0 Å². The van der Waals surface area contributed by atoms with Crippen molar-refractivity contribution in [3.63, 3.8) is 0 Å². The lowest BCUT2D eigenvalue weighted by Gasteiger charge is -2.22. The lowest BCUT2D eigenvalue weighted by molar-refractivity contribution is -0.00886. The molecule has 2 rings (SSSR count). The van der Waals surface area contributed by atoms with Gasteiger partial charge in [-0.3, -0.25) is 4.99 Å². The summed E-state index contributed by atoms with van der Waals surface area (Å²) in [7, 11) is 1.63. The molecule has 0 aliphatic carbocycles. The van der Waals surface area contributed by atoms with Crippen molar-refractivity contribution in [3.8, 4) is 5.75 Å². The second-order valence-electron chi connectivity index (χ2n) is 7.68. The summed E-state index contributed by atoms with van der Waals surface area (Å²) < 4.78 is 17.1. The number of ether oxygens (including phenoxy) is 3. The molecule has 0 heterocycles. The van der Waals surface area contributed by atoms with E-state index in [1.807, 2.05) is 30.3 Å². The van der Waals surface area contributed by atoms with Gasteiger partial charge in [0.25, 0.3) is 0 Å². The molecule has 0 spiro atoms. The van der Waals surface area contributed by atoms with Gasteiger partial charge in [-0.2, -0.15) is 0 Å². The number of aliphatic hydroxyl groups excluding tert-OH is 1. The van der Waals surface area contributed by atoms with E-state index in [-0.39, 0.29) is 24.9 Å². The first-order valence-corrected chi connectivity index (χ1v) is 10.4. The highest BCUT2D eigenvalue weighted by molar-refractivity contribution is 9.10. The van der Waals surface area contributed by atoms with Gasteiger partial charge in [0.1, 0.15) is 5.75 Å². The van der Waals surface area contributed by atoms with Crippen LogP contribution in [0.4, 0.5) is 0 Å². The average Bonchev–Trinajstić information content (AvgIpc) is 2.69. The number of aliphatic imine (C=N–C) groups is 1. The summed E-state index contributed by atoms with van der Waals surface area (Å²) in [4.78, 5) is 4.63. The first-order chi connectivity index (χ1) is 13.9. The van der Waals surface area contributed by atoms with Gasteiger partial charge < -0.3 is 19.3 Å². The molecule has 5 nitrogen and oxygen atoms in total. The van der Waals surface area contributed by atoms with Gasteiger partial charge in [0.2, 0.25) is 0 Å². The fraction of sp³-hybridized carbons (Fsp3) is 0.435. The summed E-state index contributed by atoms with van der Waals surface area (Å²) in [5, 5.41) is 9.80. The zero-order chi connectivity index (χ0) is 21.3. The largest absolute Gasteiger partial charge is 0.466 e. The molecule has 0 saturated carbocycles. The standard InChI is InChI=1S/C23H30BrNO4/c1-23(2,3)19-12-18(14-25-21(15-26)17-8-6-5-7-9-17)22(20(24)13-19)29-16-28-11-10-27-4/h5-9,12-14,21,26H,10-11,15-16H2,1-4H3/b25-14+/t21-/m1/s1. The minimum atomic E-state index is -0.334. The average molecular weight is 464 g/mol. The van der Waals surface area contributed by atoms with E-state index in [1.165, 1.54) is 0 Å². The summed E-state index contributed by atoms with van der Waals surface area (Å²) in [6, 6.07) is 13.5. The van der Waals surface area contributed by atoms with Crippen LogP contribution in [0.25, 0.3) is 0 Å². The smallest absolute Gasteiger partial charge is 0.189 e. The monoisotopic (exact) mass is 463 g/mol. The fourth-order valence-corrected chi connectivity index (χ4v) is 3.27. The number of nitrogens with zero attached hydrogens (tertiary/aromatic N) is 1. The van der Waals surface area contributed by atoms with Crippen LogP contribution < -0.4 is 4.74 Å². The minimum absolute atomic E-state index is 0.0333. The zero-order valence-electron chi connectivity index (χ0n) is 17.5. The first kappa shape index (κ1) is 23.5. The molecule has 0 aliphatic heterocycles. The van der Waals surface area contributed by atoms with Gasteiger partial charge in [-0.05, 0) is 44.6 Å². The molecule has 0 saturated heterocycles. The quantitative estimate of drug-likeness (QED) is 0.309. The molecule has 0 unspecified atom stereocenters. The maximum Gasteiger partial charge on any atom is 0.189 e. The molecule has 1 atom stereocenters. The topological polar surface area (TPSA) is 60.3 Å². The Balaban J connectivity index is 2.31. The van der Waals surface area contributed by atoms with Crippen LogP contribution in [-0.2, 0) is 14.9 Å². The van der Waals surface area contributed by atoms with Crippen LogP contribution in [-0.4, -0.2) is 45.0 Å². The lowest BCUT2D eigenvalue weighted by atomic mass is 9.86.